The number of para-hydroxylation sites is 4. The average Bonchev–Trinajstić information content (AvgIpc) is 3.40. The van der Waals surface area contributed by atoms with Crippen LogP contribution in [0.4, 0.5) is 34.1 Å². The smallest absolute Gasteiger partial charge is 0.0601 e. The SMILES string of the molecule is C=C(Cc1ccc2c(c1)C(C)(C)c1cc(N3c4ccccc4Sc4ccccc43)ccc1-2)c1ccc(N2c3ccccc3Sc3ccccc32)cc1. The lowest BCUT2D eigenvalue weighted by molar-refractivity contribution is 0.659. The second-order valence-corrected chi connectivity index (χ2v) is 16.5. The van der Waals surface area contributed by atoms with Crippen molar-refractivity contribution in [3.05, 3.63) is 187 Å². The first-order valence-electron chi connectivity index (χ1n) is 17.8. The Labute approximate surface area is 314 Å². The Hall–Kier alpha value is -5.42. The monoisotopic (exact) mass is 704 g/mol. The molecule has 3 aliphatic rings. The topological polar surface area (TPSA) is 6.48 Å². The lowest BCUT2D eigenvalue weighted by atomic mass is 9.81. The van der Waals surface area contributed by atoms with Crippen molar-refractivity contribution in [2.45, 2.75) is 45.3 Å². The minimum absolute atomic E-state index is 0.136. The molecular formula is C48H36N2S2. The van der Waals surface area contributed by atoms with E-state index in [4.69, 9.17) is 0 Å². The van der Waals surface area contributed by atoms with Crippen molar-refractivity contribution in [3.8, 4) is 11.1 Å². The van der Waals surface area contributed by atoms with Crippen molar-refractivity contribution in [2.24, 2.45) is 0 Å². The highest BCUT2D eigenvalue weighted by molar-refractivity contribution is 8.00. The number of benzene rings is 7. The number of allylic oxidation sites excluding steroid dienone is 1. The van der Waals surface area contributed by atoms with E-state index in [2.05, 4.69) is 188 Å². The molecule has 2 aliphatic heterocycles. The summed E-state index contributed by atoms with van der Waals surface area (Å²) in [5.41, 5.74) is 16.1. The normalized spacial score (nSPS) is 14.4. The van der Waals surface area contributed by atoms with Crippen LogP contribution in [0.3, 0.4) is 0 Å². The van der Waals surface area contributed by atoms with E-state index in [1.54, 1.807) is 0 Å². The van der Waals surface area contributed by atoms with Crippen molar-refractivity contribution < 1.29 is 0 Å². The molecule has 4 heteroatoms. The Morgan fingerprint density at radius 1 is 0.500 bits per heavy atom. The first kappa shape index (κ1) is 31.3. The highest BCUT2D eigenvalue weighted by atomic mass is 32.2. The van der Waals surface area contributed by atoms with Crippen molar-refractivity contribution >= 4 is 63.2 Å². The second kappa shape index (κ2) is 12.1. The lowest BCUT2D eigenvalue weighted by Crippen LogP contribution is -2.18. The molecule has 0 aromatic heterocycles. The summed E-state index contributed by atoms with van der Waals surface area (Å²) in [5, 5.41) is 0. The van der Waals surface area contributed by atoms with Gasteiger partial charge in [0.1, 0.15) is 0 Å². The molecule has 52 heavy (non-hydrogen) atoms. The van der Waals surface area contributed by atoms with Crippen LogP contribution in [0.5, 0.6) is 0 Å². The van der Waals surface area contributed by atoms with Gasteiger partial charge in [0.2, 0.25) is 0 Å². The van der Waals surface area contributed by atoms with Crippen LogP contribution in [-0.4, -0.2) is 0 Å². The summed E-state index contributed by atoms with van der Waals surface area (Å²) in [6.45, 7) is 9.33. The molecule has 0 spiro atoms. The lowest BCUT2D eigenvalue weighted by Gasteiger charge is -2.33. The summed E-state index contributed by atoms with van der Waals surface area (Å²) >= 11 is 3.69. The van der Waals surface area contributed by atoms with Gasteiger partial charge in [0.15, 0.2) is 0 Å². The van der Waals surface area contributed by atoms with Crippen LogP contribution in [0.2, 0.25) is 0 Å². The van der Waals surface area contributed by atoms with Crippen molar-refractivity contribution in [2.75, 3.05) is 9.80 Å². The molecule has 2 heterocycles. The molecule has 7 aromatic rings. The second-order valence-electron chi connectivity index (χ2n) is 14.3. The quantitative estimate of drug-likeness (QED) is 0.176. The fourth-order valence-corrected chi connectivity index (χ4v) is 10.3. The highest BCUT2D eigenvalue weighted by Gasteiger charge is 2.37. The first-order chi connectivity index (χ1) is 25.4. The maximum atomic E-state index is 4.58. The first-order valence-corrected chi connectivity index (χ1v) is 19.5. The Balaban J connectivity index is 0.932. The summed E-state index contributed by atoms with van der Waals surface area (Å²) in [5.74, 6) is 0. The summed E-state index contributed by atoms with van der Waals surface area (Å²) in [6.07, 6.45) is 0.801. The van der Waals surface area contributed by atoms with Crippen LogP contribution in [0.15, 0.2) is 184 Å². The van der Waals surface area contributed by atoms with Gasteiger partial charge in [0.25, 0.3) is 0 Å². The van der Waals surface area contributed by atoms with Crippen molar-refractivity contribution in [1.82, 2.24) is 0 Å². The number of anilines is 6. The predicted molar refractivity (Wildman–Crippen MR) is 221 cm³/mol. The average molecular weight is 705 g/mol. The van der Waals surface area contributed by atoms with E-state index >= 15 is 0 Å². The van der Waals surface area contributed by atoms with Gasteiger partial charge < -0.3 is 9.80 Å². The molecule has 2 nitrogen and oxygen atoms in total. The fraction of sp³-hybridized carbons (Fsp3) is 0.0833. The molecule has 0 N–H and O–H groups in total. The van der Waals surface area contributed by atoms with Crippen LogP contribution in [0, 0.1) is 0 Å². The molecule has 7 aromatic carbocycles. The molecule has 1 aliphatic carbocycles. The Morgan fingerprint density at radius 3 is 1.44 bits per heavy atom. The van der Waals surface area contributed by atoms with Gasteiger partial charge in [-0.3, -0.25) is 0 Å². The van der Waals surface area contributed by atoms with Gasteiger partial charge >= 0.3 is 0 Å². The number of hydrogen-bond donors (Lipinski definition) is 0. The van der Waals surface area contributed by atoms with Crippen molar-refractivity contribution in [3.63, 3.8) is 0 Å². The zero-order valence-electron chi connectivity index (χ0n) is 29.1. The van der Waals surface area contributed by atoms with E-state index in [1.165, 1.54) is 81.4 Å². The maximum Gasteiger partial charge on any atom is 0.0601 e. The van der Waals surface area contributed by atoms with Gasteiger partial charge in [-0.25, -0.2) is 0 Å². The number of hydrogen-bond acceptors (Lipinski definition) is 4. The summed E-state index contributed by atoms with van der Waals surface area (Å²) in [4.78, 5) is 9.92. The molecule has 250 valence electrons. The summed E-state index contributed by atoms with van der Waals surface area (Å²) < 4.78 is 0. The third-order valence-corrected chi connectivity index (χ3v) is 13.1. The molecule has 0 radical (unpaired) electrons. The zero-order valence-corrected chi connectivity index (χ0v) is 30.8. The van der Waals surface area contributed by atoms with E-state index < -0.39 is 0 Å². The van der Waals surface area contributed by atoms with Gasteiger partial charge in [-0.1, -0.05) is 129 Å². The van der Waals surface area contributed by atoms with Gasteiger partial charge in [0, 0.05) is 36.4 Å². The van der Waals surface area contributed by atoms with E-state index in [9.17, 15) is 0 Å². The van der Waals surface area contributed by atoms with Gasteiger partial charge in [0.05, 0.1) is 22.7 Å². The van der Waals surface area contributed by atoms with Gasteiger partial charge in [-0.15, -0.1) is 0 Å². The number of rotatable bonds is 5. The van der Waals surface area contributed by atoms with Crippen LogP contribution >= 0.6 is 23.5 Å². The molecule has 0 saturated heterocycles. The Kier molecular flexibility index (Phi) is 7.28. The largest absolute Gasteiger partial charge is 0.308 e. The molecular weight excluding hydrogens is 669 g/mol. The third kappa shape index (κ3) is 4.97. The fourth-order valence-electron chi connectivity index (χ4n) is 8.18. The van der Waals surface area contributed by atoms with E-state index in [0.717, 1.165) is 17.7 Å². The Morgan fingerprint density at radius 2 is 0.923 bits per heavy atom. The molecule has 0 bridgehead atoms. The van der Waals surface area contributed by atoms with Gasteiger partial charge in [-0.05, 0) is 118 Å². The zero-order chi connectivity index (χ0) is 35.0. The molecule has 0 saturated carbocycles. The van der Waals surface area contributed by atoms with Crippen LogP contribution < -0.4 is 9.80 Å². The third-order valence-electron chi connectivity index (χ3n) is 10.8. The maximum absolute atomic E-state index is 4.58. The molecule has 0 amide bonds. The van der Waals surface area contributed by atoms with E-state index in [0.29, 0.717) is 0 Å². The minimum Gasteiger partial charge on any atom is -0.308 e. The molecule has 0 atom stereocenters. The van der Waals surface area contributed by atoms with E-state index in [-0.39, 0.29) is 5.41 Å². The highest BCUT2D eigenvalue weighted by Crippen LogP contribution is 2.55. The van der Waals surface area contributed by atoms with Crippen LogP contribution in [0.1, 0.15) is 36.1 Å². The van der Waals surface area contributed by atoms with E-state index in [1.807, 2.05) is 23.5 Å². The summed E-state index contributed by atoms with van der Waals surface area (Å²) in [7, 11) is 0. The van der Waals surface area contributed by atoms with Crippen molar-refractivity contribution in [1.29, 1.82) is 0 Å². The Bertz CT molecular complexity index is 2480. The number of fused-ring (bicyclic) bond motifs is 7. The molecule has 0 fully saturated rings. The number of nitrogens with zero attached hydrogens (tertiary/aromatic N) is 2. The predicted octanol–water partition coefficient (Wildman–Crippen LogP) is 14.1. The molecule has 0 unspecified atom stereocenters. The minimum atomic E-state index is -0.136. The summed E-state index contributed by atoms with van der Waals surface area (Å²) in [6, 6.07) is 57.9. The van der Waals surface area contributed by atoms with Crippen LogP contribution in [-0.2, 0) is 11.8 Å². The van der Waals surface area contributed by atoms with Gasteiger partial charge in [-0.2, -0.15) is 0 Å². The standard InChI is InChI=1S/C48H36N2S2/c1-31(33-21-23-34(24-22-33)49-40-12-4-8-16-44(40)51-45-17-9-5-13-41(45)49)28-32-20-26-36-37-27-25-35(30-39(37)48(2,3)38(36)29-32)50-42-14-6-10-18-46(42)52-47-19-11-7-15-43(47)50/h4-27,29-30H,1,28H2,2-3H3. The molecule has 10 rings (SSSR count). The van der Waals surface area contributed by atoms with Crippen LogP contribution in [0.25, 0.3) is 16.7 Å².